The molecule has 0 heterocycles. The smallest absolute Gasteiger partial charge is 0.0732 e. The molecule has 0 nitrogen and oxygen atoms in total. The van der Waals surface area contributed by atoms with Crippen molar-refractivity contribution in [2.75, 3.05) is 0 Å². The Kier molecular flexibility index (Phi) is 5.41. The molecule has 0 unspecified atom stereocenters. The van der Waals surface area contributed by atoms with E-state index in [1.807, 2.05) is 0 Å². The van der Waals surface area contributed by atoms with E-state index in [2.05, 4.69) is 68.7 Å². The second-order valence-electron chi connectivity index (χ2n) is 6.99. The molecule has 0 saturated heterocycles. The van der Waals surface area contributed by atoms with Crippen molar-refractivity contribution in [2.24, 2.45) is 0 Å². The van der Waals surface area contributed by atoms with E-state index in [-0.39, 0.29) is 0 Å². The summed E-state index contributed by atoms with van der Waals surface area (Å²) in [5.41, 5.74) is 4.57. The zero-order chi connectivity index (χ0) is 15.3. The minimum atomic E-state index is -1.29. The summed E-state index contributed by atoms with van der Waals surface area (Å²) in [7, 11) is -1.29. The molecule has 1 aliphatic carbocycles. The third-order valence-corrected chi connectivity index (χ3v) is 6.59. The lowest BCUT2D eigenvalue weighted by molar-refractivity contribution is 0.678. The van der Waals surface area contributed by atoms with Crippen LogP contribution in [0, 0.1) is 0 Å². The molecule has 21 heavy (non-hydrogen) atoms. The van der Waals surface area contributed by atoms with Crippen LogP contribution < -0.4 is 0 Å². The Labute approximate surface area is 131 Å². The third-order valence-electron chi connectivity index (χ3n) is 4.27. The predicted octanol–water partition coefficient (Wildman–Crippen LogP) is 6.39. The van der Waals surface area contributed by atoms with Gasteiger partial charge in [0.05, 0.1) is 8.07 Å². The maximum Gasteiger partial charge on any atom is 0.0732 e. The zero-order valence-electron chi connectivity index (χ0n) is 13.8. The Bertz CT molecular complexity index is 541. The summed E-state index contributed by atoms with van der Waals surface area (Å²) in [6.45, 7) is 11.4. The molecule has 1 aromatic rings. The fourth-order valence-electron chi connectivity index (χ4n) is 3.21. The number of allylic oxidation sites excluding steroid dienone is 4. The summed E-state index contributed by atoms with van der Waals surface area (Å²) in [5, 5.41) is 1.71. The quantitative estimate of drug-likeness (QED) is 0.446. The van der Waals surface area contributed by atoms with Gasteiger partial charge in [-0.3, -0.25) is 0 Å². The van der Waals surface area contributed by atoms with Crippen molar-refractivity contribution in [1.82, 2.24) is 0 Å². The first kappa shape index (κ1) is 16.0. The molecule has 0 aromatic heterocycles. The van der Waals surface area contributed by atoms with Crippen LogP contribution >= 0.6 is 0 Å². The van der Waals surface area contributed by atoms with Crippen LogP contribution in [0.5, 0.6) is 0 Å². The van der Waals surface area contributed by atoms with Crippen molar-refractivity contribution in [2.45, 2.75) is 51.7 Å². The molecule has 0 bridgehead atoms. The van der Waals surface area contributed by atoms with Gasteiger partial charge < -0.3 is 0 Å². The molecule has 0 amide bonds. The van der Waals surface area contributed by atoms with Crippen LogP contribution in [0.25, 0.3) is 6.08 Å². The van der Waals surface area contributed by atoms with E-state index in [1.54, 1.807) is 16.3 Å². The summed E-state index contributed by atoms with van der Waals surface area (Å²) in [6.07, 6.45) is 10.7. The van der Waals surface area contributed by atoms with Gasteiger partial charge in [-0.15, -0.1) is 6.58 Å². The highest BCUT2D eigenvalue weighted by molar-refractivity contribution is 6.83. The van der Waals surface area contributed by atoms with Crippen LogP contribution in [0.2, 0.25) is 19.6 Å². The normalized spacial score (nSPS) is 20.4. The van der Waals surface area contributed by atoms with E-state index in [0.717, 1.165) is 6.42 Å². The van der Waals surface area contributed by atoms with E-state index in [9.17, 15) is 0 Å². The Balaban J connectivity index is 2.47. The summed E-state index contributed by atoms with van der Waals surface area (Å²) in [4.78, 5) is 0. The van der Waals surface area contributed by atoms with Crippen molar-refractivity contribution in [3.63, 3.8) is 0 Å². The second kappa shape index (κ2) is 7.08. The molecule has 2 rings (SSSR count). The van der Waals surface area contributed by atoms with Gasteiger partial charge in [0, 0.05) is 0 Å². The van der Waals surface area contributed by atoms with E-state index in [1.165, 1.54) is 31.2 Å². The highest BCUT2D eigenvalue weighted by atomic mass is 28.3. The van der Waals surface area contributed by atoms with Gasteiger partial charge >= 0.3 is 0 Å². The molecule has 0 radical (unpaired) electrons. The summed E-state index contributed by atoms with van der Waals surface area (Å²) in [5.74, 6) is 0. The third kappa shape index (κ3) is 4.31. The van der Waals surface area contributed by atoms with Gasteiger partial charge in [0.25, 0.3) is 0 Å². The molecule has 0 N–H and O–H groups in total. The summed E-state index contributed by atoms with van der Waals surface area (Å²) in [6, 6.07) is 10.8. The van der Waals surface area contributed by atoms with Crippen LogP contribution in [0.3, 0.4) is 0 Å². The lowest BCUT2D eigenvalue weighted by Crippen LogP contribution is -2.26. The molecule has 1 aliphatic rings. The Morgan fingerprint density at radius 3 is 2.38 bits per heavy atom. The number of hydrogen-bond donors (Lipinski definition) is 0. The lowest BCUT2D eigenvalue weighted by atomic mass is 9.87. The summed E-state index contributed by atoms with van der Waals surface area (Å²) >= 11 is 0. The molecule has 0 aliphatic heterocycles. The minimum Gasteiger partial charge on any atom is -0.103 e. The van der Waals surface area contributed by atoms with Crippen molar-refractivity contribution in [1.29, 1.82) is 0 Å². The largest absolute Gasteiger partial charge is 0.103 e. The van der Waals surface area contributed by atoms with Crippen LogP contribution in [0.4, 0.5) is 0 Å². The van der Waals surface area contributed by atoms with Gasteiger partial charge in [0.15, 0.2) is 0 Å². The van der Waals surface area contributed by atoms with Gasteiger partial charge in [-0.25, -0.2) is 0 Å². The average Bonchev–Trinajstić information content (AvgIpc) is 2.46. The van der Waals surface area contributed by atoms with Crippen LogP contribution in [0.1, 0.15) is 37.7 Å². The molecule has 0 atom stereocenters. The van der Waals surface area contributed by atoms with Crippen molar-refractivity contribution in [3.8, 4) is 0 Å². The second-order valence-corrected chi connectivity index (χ2v) is 12.1. The fraction of sp³-hybridized carbons (Fsp3) is 0.400. The van der Waals surface area contributed by atoms with Gasteiger partial charge in [0.2, 0.25) is 0 Å². The Morgan fingerprint density at radius 2 is 1.76 bits per heavy atom. The first-order valence-corrected chi connectivity index (χ1v) is 11.6. The zero-order valence-corrected chi connectivity index (χ0v) is 14.8. The number of rotatable bonds is 4. The molecule has 112 valence electrons. The number of hydrogen-bond acceptors (Lipinski definition) is 0. The molecule has 0 spiro atoms. The van der Waals surface area contributed by atoms with Gasteiger partial charge in [-0.1, -0.05) is 67.3 Å². The van der Waals surface area contributed by atoms with Crippen molar-refractivity contribution >= 4 is 14.1 Å². The summed E-state index contributed by atoms with van der Waals surface area (Å²) < 4.78 is 0. The van der Waals surface area contributed by atoms with Crippen LogP contribution in [-0.2, 0) is 0 Å². The SMILES string of the molecule is C=CC/C(=C1/CCCC/C1=C\c1ccccc1)[Si](C)(C)C. The average molecular weight is 297 g/mol. The van der Waals surface area contributed by atoms with Crippen molar-refractivity contribution in [3.05, 3.63) is 64.9 Å². The van der Waals surface area contributed by atoms with E-state index in [4.69, 9.17) is 0 Å². The highest BCUT2D eigenvalue weighted by Gasteiger charge is 2.25. The lowest BCUT2D eigenvalue weighted by Gasteiger charge is -2.29. The first-order chi connectivity index (χ1) is 10.0. The molecular weight excluding hydrogens is 268 g/mol. The Hall–Kier alpha value is -1.34. The van der Waals surface area contributed by atoms with Crippen LogP contribution in [-0.4, -0.2) is 8.07 Å². The van der Waals surface area contributed by atoms with Crippen molar-refractivity contribution < 1.29 is 0 Å². The molecule has 1 saturated carbocycles. The molecular formula is C20H28Si. The minimum absolute atomic E-state index is 1.07. The van der Waals surface area contributed by atoms with Gasteiger partial charge in [-0.05, 0) is 48.8 Å². The predicted molar refractivity (Wildman–Crippen MR) is 98.1 cm³/mol. The topological polar surface area (TPSA) is 0 Å². The molecule has 1 fully saturated rings. The van der Waals surface area contributed by atoms with Crippen LogP contribution in [0.15, 0.2) is 59.3 Å². The number of benzene rings is 1. The van der Waals surface area contributed by atoms with E-state index >= 15 is 0 Å². The van der Waals surface area contributed by atoms with Gasteiger partial charge in [-0.2, -0.15) is 0 Å². The molecule has 1 heteroatoms. The maximum atomic E-state index is 3.99. The maximum absolute atomic E-state index is 3.99. The van der Waals surface area contributed by atoms with E-state index in [0.29, 0.717) is 0 Å². The fourth-order valence-corrected chi connectivity index (χ4v) is 5.16. The van der Waals surface area contributed by atoms with Gasteiger partial charge in [0.1, 0.15) is 0 Å². The monoisotopic (exact) mass is 296 g/mol. The van der Waals surface area contributed by atoms with E-state index < -0.39 is 8.07 Å². The highest BCUT2D eigenvalue weighted by Crippen LogP contribution is 2.36. The molecule has 1 aromatic carbocycles. The Morgan fingerprint density at radius 1 is 1.10 bits per heavy atom. The first-order valence-electron chi connectivity index (χ1n) is 8.12. The standard InChI is InChI=1S/C20H28Si/c1-5-11-20(21(2,3)4)19-15-10-9-14-18(19)16-17-12-7-6-8-13-17/h5-8,12-13,16H,1,9-11,14-15H2,2-4H3/b18-16+,20-19+.